The van der Waals surface area contributed by atoms with E-state index in [0.717, 1.165) is 0 Å². The maximum absolute atomic E-state index is 13.8. The quantitative estimate of drug-likeness (QED) is 0.359. The van der Waals surface area contributed by atoms with Gasteiger partial charge in [-0.3, -0.25) is 9.59 Å². The lowest BCUT2D eigenvalue weighted by Crippen LogP contribution is -2.18. The summed E-state index contributed by atoms with van der Waals surface area (Å²) in [5, 5.41) is 6.87. The Hall–Kier alpha value is -3.64. The molecule has 5 nitrogen and oxygen atoms in total. The molecule has 3 aromatic carbocycles. The van der Waals surface area contributed by atoms with Gasteiger partial charge in [0.25, 0.3) is 5.91 Å². The zero-order chi connectivity index (χ0) is 22.0. The lowest BCUT2D eigenvalue weighted by atomic mass is 10.1. The number of para-hydroxylation sites is 1. The molecule has 4 aromatic rings. The van der Waals surface area contributed by atoms with E-state index in [9.17, 15) is 14.0 Å². The summed E-state index contributed by atoms with van der Waals surface area (Å²) < 4.78 is 19.6. The van der Waals surface area contributed by atoms with Crippen molar-refractivity contribution in [3.63, 3.8) is 0 Å². The molecule has 0 aliphatic heterocycles. The van der Waals surface area contributed by atoms with Crippen molar-refractivity contribution in [1.29, 1.82) is 0 Å². The topological polar surface area (TPSA) is 71.3 Å². The van der Waals surface area contributed by atoms with Gasteiger partial charge in [-0.15, -0.1) is 0 Å². The molecule has 0 radical (unpaired) electrons. The number of fused-ring (bicyclic) bond motifs is 1. The van der Waals surface area contributed by atoms with Crippen LogP contribution in [0.4, 0.5) is 15.8 Å². The number of carbonyl (C=O) groups is 2. The first-order valence-corrected chi connectivity index (χ1v) is 9.92. The van der Waals surface area contributed by atoms with Crippen LogP contribution in [0.5, 0.6) is 0 Å². The Morgan fingerprint density at radius 1 is 1.03 bits per heavy atom. The van der Waals surface area contributed by atoms with E-state index < -0.39 is 11.7 Å². The van der Waals surface area contributed by atoms with Gasteiger partial charge in [-0.1, -0.05) is 41.9 Å². The molecular weight excluding hydrogens is 419 g/mol. The Morgan fingerprint density at radius 2 is 1.84 bits per heavy atom. The molecule has 0 unspecified atom stereocenters. The molecule has 0 atom stereocenters. The minimum Gasteiger partial charge on any atom is -0.449 e. The van der Waals surface area contributed by atoms with E-state index in [1.54, 1.807) is 67.6 Å². The molecule has 0 saturated heterocycles. The largest absolute Gasteiger partial charge is 0.449 e. The number of halogens is 2. The summed E-state index contributed by atoms with van der Waals surface area (Å²) in [7, 11) is 0. The Kier molecular flexibility index (Phi) is 5.73. The molecule has 0 bridgehead atoms. The number of amides is 1. The van der Waals surface area contributed by atoms with Crippen LogP contribution in [0.3, 0.4) is 0 Å². The van der Waals surface area contributed by atoms with Crippen LogP contribution in [-0.2, 0) is 0 Å². The molecule has 0 fully saturated rings. The fourth-order valence-electron chi connectivity index (χ4n) is 3.17. The Balaban J connectivity index is 1.61. The van der Waals surface area contributed by atoms with E-state index in [4.69, 9.17) is 16.0 Å². The third kappa shape index (κ3) is 4.44. The van der Waals surface area contributed by atoms with Crippen LogP contribution in [-0.4, -0.2) is 18.2 Å². The number of hydrogen-bond acceptors (Lipinski definition) is 4. The van der Waals surface area contributed by atoms with Crippen molar-refractivity contribution in [2.75, 3.05) is 17.2 Å². The van der Waals surface area contributed by atoms with Gasteiger partial charge in [-0.2, -0.15) is 0 Å². The van der Waals surface area contributed by atoms with Gasteiger partial charge in [-0.05, 0) is 48.9 Å². The maximum atomic E-state index is 13.8. The van der Waals surface area contributed by atoms with E-state index in [0.29, 0.717) is 32.9 Å². The predicted molar refractivity (Wildman–Crippen MR) is 120 cm³/mol. The standard InChI is InChI=1S/C24H18ClFN2O3/c1-14-9-10-15(11-19(14)26)20(29)13-27-22-18-7-2-3-8-21(18)31-23(22)24(30)28-17-6-4-5-16(25)12-17/h2-12,27H,13H2,1H3,(H,28,30). The second-order valence-electron chi connectivity index (χ2n) is 7.01. The van der Waals surface area contributed by atoms with Gasteiger partial charge in [0.1, 0.15) is 11.4 Å². The van der Waals surface area contributed by atoms with Crippen LogP contribution >= 0.6 is 11.6 Å². The fourth-order valence-corrected chi connectivity index (χ4v) is 3.36. The highest BCUT2D eigenvalue weighted by Gasteiger charge is 2.21. The molecule has 0 saturated carbocycles. The van der Waals surface area contributed by atoms with E-state index in [1.807, 2.05) is 0 Å². The molecule has 0 aliphatic carbocycles. The van der Waals surface area contributed by atoms with Crippen molar-refractivity contribution in [3.05, 3.63) is 94.5 Å². The molecule has 0 spiro atoms. The van der Waals surface area contributed by atoms with Crippen LogP contribution in [0, 0.1) is 12.7 Å². The smallest absolute Gasteiger partial charge is 0.293 e. The van der Waals surface area contributed by atoms with Gasteiger partial charge >= 0.3 is 0 Å². The molecular formula is C24H18ClFN2O3. The summed E-state index contributed by atoms with van der Waals surface area (Å²) in [4.78, 5) is 25.5. The average Bonchev–Trinajstić information content (AvgIpc) is 3.13. The van der Waals surface area contributed by atoms with E-state index >= 15 is 0 Å². The van der Waals surface area contributed by atoms with Crippen molar-refractivity contribution in [3.8, 4) is 0 Å². The fraction of sp³-hybridized carbons (Fsp3) is 0.0833. The first kappa shape index (κ1) is 20.6. The van der Waals surface area contributed by atoms with Crippen molar-refractivity contribution in [1.82, 2.24) is 0 Å². The van der Waals surface area contributed by atoms with Gasteiger partial charge < -0.3 is 15.1 Å². The monoisotopic (exact) mass is 436 g/mol. The van der Waals surface area contributed by atoms with Gasteiger partial charge in [0.15, 0.2) is 5.78 Å². The highest BCUT2D eigenvalue weighted by Crippen LogP contribution is 2.31. The number of furan rings is 1. The van der Waals surface area contributed by atoms with Gasteiger partial charge in [0, 0.05) is 21.7 Å². The molecule has 1 heterocycles. The van der Waals surface area contributed by atoms with Crippen molar-refractivity contribution >= 4 is 45.6 Å². The van der Waals surface area contributed by atoms with Crippen molar-refractivity contribution < 1.29 is 18.4 Å². The number of carbonyl (C=O) groups excluding carboxylic acids is 2. The number of benzene rings is 3. The Labute approximate surface area is 182 Å². The summed E-state index contributed by atoms with van der Waals surface area (Å²) in [5.41, 5.74) is 2.10. The Bertz CT molecular complexity index is 1300. The summed E-state index contributed by atoms with van der Waals surface area (Å²) in [6, 6.07) is 18.2. The van der Waals surface area contributed by atoms with E-state index in [-0.39, 0.29) is 23.7 Å². The van der Waals surface area contributed by atoms with Crippen LogP contribution in [0.15, 0.2) is 71.1 Å². The number of Topliss-reactive ketones (excluding diaryl/α,β-unsaturated/α-hetero) is 1. The first-order valence-electron chi connectivity index (χ1n) is 9.54. The van der Waals surface area contributed by atoms with E-state index in [2.05, 4.69) is 10.6 Å². The molecule has 1 aromatic heterocycles. The lowest BCUT2D eigenvalue weighted by Gasteiger charge is -2.08. The third-order valence-corrected chi connectivity index (χ3v) is 5.04. The van der Waals surface area contributed by atoms with Crippen LogP contribution in [0.2, 0.25) is 5.02 Å². The zero-order valence-corrected chi connectivity index (χ0v) is 17.3. The van der Waals surface area contributed by atoms with Gasteiger partial charge in [0.2, 0.25) is 5.76 Å². The molecule has 2 N–H and O–H groups in total. The SMILES string of the molecule is Cc1ccc(C(=O)CNc2c(C(=O)Nc3cccc(Cl)c3)oc3ccccc23)cc1F. The van der Waals surface area contributed by atoms with Crippen molar-refractivity contribution in [2.24, 2.45) is 0 Å². The minimum absolute atomic E-state index is 0.0315. The molecule has 7 heteroatoms. The van der Waals surface area contributed by atoms with Crippen LogP contribution < -0.4 is 10.6 Å². The lowest BCUT2D eigenvalue weighted by molar-refractivity contribution is 0.0990. The highest BCUT2D eigenvalue weighted by molar-refractivity contribution is 6.31. The predicted octanol–water partition coefficient (Wildman–Crippen LogP) is 6.08. The third-order valence-electron chi connectivity index (χ3n) is 4.80. The number of rotatable bonds is 6. The first-order chi connectivity index (χ1) is 14.9. The van der Waals surface area contributed by atoms with Crippen molar-refractivity contribution in [2.45, 2.75) is 6.92 Å². The molecule has 4 rings (SSSR count). The average molecular weight is 437 g/mol. The zero-order valence-electron chi connectivity index (χ0n) is 16.5. The molecule has 156 valence electrons. The number of nitrogens with one attached hydrogen (secondary N) is 2. The molecule has 0 aliphatic rings. The van der Waals surface area contributed by atoms with Crippen LogP contribution in [0.1, 0.15) is 26.5 Å². The minimum atomic E-state index is -0.491. The summed E-state index contributed by atoms with van der Waals surface area (Å²) in [5.74, 6) is -1.22. The molecule has 31 heavy (non-hydrogen) atoms. The Morgan fingerprint density at radius 3 is 2.61 bits per heavy atom. The van der Waals surface area contributed by atoms with Gasteiger partial charge in [-0.25, -0.2) is 4.39 Å². The maximum Gasteiger partial charge on any atom is 0.293 e. The number of aryl methyl sites for hydroxylation is 1. The summed E-state index contributed by atoms with van der Waals surface area (Å²) in [6.45, 7) is 1.49. The number of hydrogen-bond donors (Lipinski definition) is 2. The normalized spacial score (nSPS) is 10.8. The number of anilines is 2. The summed E-state index contributed by atoms with van der Waals surface area (Å²) in [6.07, 6.45) is 0. The number of ketones is 1. The second kappa shape index (κ2) is 8.62. The van der Waals surface area contributed by atoms with Gasteiger partial charge in [0.05, 0.1) is 12.2 Å². The second-order valence-corrected chi connectivity index (χ2v) is 7.44. The summed E-state index contributed by atoms with van der Waals surface area (Å²) >= 11 is 5.98. The van der Waals surface area contributed by atoms with E-state index in [1.165, 1.54) is 6.07 Å². The highest BCUT2D eigenvalue weighted by atomic mass is 35.5. The van der Waals surface area contributed by atoms with Crippen LogP contribution in [0.25, 0.3) is 11.0 Å². The molecule has 1 amide bonds.